The summed E-state index contributed by atoms with van der Waals surface area (Å²) in [6.45, 7) is 3.66. The number of carboxylic acids is 1. The summed E-state index contributed by atoms with van der Waals surface area (Å²) in [6, 6.07) is -1.49. The Hall–Kier alpha value is -3.37. The fourth-order valence-corrected chi connectivity index (χ4v) is 6.98. The summed E-state index contributed by atoms with van der Waals surface area (Å²) in [5.41, 5.74) is 5.37. The van der Waals surface area contributed by atoms with Gasteiger partial charge in [-0.25, -0.2) is 4.57 Å². The van der Waals surface area contributed by atoms with E-state index in [1.54, 1.807) is 0 Å². The van der Waals surface area contributed by atoms with E-state index in [2.05, 4.69) is 123 Å². The third kappa shape index (κ3) is 48.4. The second-order valence-electron chi connectivity index (χ2n) is 16.2. The molecule has 4 N–H and O–H groups in total. The average Bonchev–Trinajstić information content (AvgIpc) is 3.29. The molecule has 0 aliphatic carbocycles. The number of hydrogen-bond acceptors (Lipinski definition) is 8. The lowest BCUT2D eigenvalue weighted by Crippen LogP contribution is -2.34. The molecule has 0 saturated carbocycles. The van der Waals surface area contributed by atoms with Crippen molar-refractivity contribution in [3.05, 3.63) is 109 Å². The number of aliphatic carboxylic acids is 1. The van der Waals surface area contributed by atoms with Crippen molar-refractivity contribution in [3.8, 4) is 0 Å². The standard InChI is InChI=1S/C54H90NO9P/c1-3-5-7-9-11-13-15-17-19-21-23-25-27-29-31-33-35-37-39-41-43-45-47-61-48-51(49-62-65(59,60)63-50-52(55)54(57)58)64-53(56)46-44-42-40-38-36-34-32-30-28-26-24-22-20-18-16-14-12-10-8-6-4-2/h6,8,12,14-15,17-18,20-21,23-24,26-27,29-30,32,36,38,51-52H,3-5,7,9-11,13,16,19,22,25,28,31,33-35,37,39-50,55H2,1-2H3,(H,57,58)(H,59,60)/b8-6-,14-12-,17-15-,20-18-,23-21-,26-24-,29-27-,32-30-,38-36-. The van der Waals surface area contributed by atoms with Crippen LogP contribution in [0.3, 0.4) is 0 Å². The number of carbonyl (C=O) groups excluding carboxylic acids is 1. The molecule has 3 atom stereocenters. The lowest BCUT2D eigenvalue weighted by atomic mass is 10.1. The molecule has 10 nitrogen and oxygen atoms in total. The largest absolute Gasteiger partial charge is 0.480 e. The second kappa shape index (κ2) is 48.6. The van der Waals surface area contributed by atoms with Gasteiger partial charge in [-0.1, -0.05) is 181 Å². The summed E-state index contributed by atoms with van der Waals surface area (Å²) in [6.07, 6.45) is 65.7. The van der Waals surface area contributed by atoms with Crippen LogP contribution in [0.2, 0.25) is 0 Å². The Bertz CT molecular complexity index is 1440. The van der Waals surface area contributed by atoms with E-state index in [0.717, 1.165) is 89.9 Å². The summed E-state index contributed by atoms with van der Waals surface area (Å²) >= 11 is 0. The minimum Gasteiger partial charge on any atom is -0.480 e. The van der Waals surface area contributed by atoms with Crippen LogP contribution in [0, 0.1) is 0 Å². The number of carbonyl (C=O) groups is 2. The monoisotopic (exact) mass is 928 g/mol. The SMILES string of the molecule is CC/C=C\C/C=C\C/C=C\C/C=C\C/C=C\C/C=C\CCCCC(=O)OC(COCCCCCCCCC/C=C\C/C=C\C/C=C\CCCCCCC)COP(=O)(O)OCC(N)C(=O)O. The highest BCUT2D eigenvalue weighted by Crippen LogP contribution is 2.43. The van der Waals surface area contributed by atoms with Crippen LogP contribution in [0.1, 0.15) is 181 Å². The zero-order valence-electron chi connectivity index (χ0n) is 40.5. The fraction of sp³-hybridized carbons (Fsp3) is 0.630. The van der Waals surface area contributed by atoms with Gasteiger partial charge in [0.1, 0.15) is 12.1 Å². The Morgan fingerprint density at radius 1 is 0.508 bits per heavy atom. The van der Waals surface area contributed by atoms with E-state index in [-0.39, 0.29) is 13.0 Å². The molecule has 0 aromatic heterocycles. The van der Waals surface area contributed by atoms with Crippen molar-refractivity contribution in [2.75, 3.05) is 26.4 Å². The van der Waals surface area contributed by atoms with E-state index < -0.39 is 45.1 Å². The number of phosphoric ester groups is 1. The number of carboxylic acid groups (broad SMARTS) is 1. The molecule has 0 fully saturated rings. The lowest BCUT2D eigenvalue weighted by molar-refractivity contribution is -0.154. The third-order valence-electron chi connectivity index (χ3n) is 10.0. The van der Waals surface area contributed by atoms with Gasteiger partial charge in [0.05, 0.1) is 19.8 Å². The number of esters is 1. The van der Waals surface area contributed by atoms with Crippen molar-refractivity contribution >= 4 is 19.8 Å². The number of hydrogen-bond donors (Lipinski definition) is 3. The molecule has 0 rings (SSSR count). The van der Waals surface area contributed by atoms with Crippen molar-refractivity contribution in [2.45, 2.75) is 193 Å². The van der Waals surface area contributed by atoms with Crippen molar-refractivity contribution in [1.82, 2.24) is 0 Å². The van der Waals surface area contributed by atoms with Crippen molar-refractivity contribution in [3.63, 3.8) is 0 Å². The van der Waals surface area contributed by atoms with Gasteiger partial charge in [0.15, 0.2) is 0 Å². The number of unbranched alkanes of at least 4 members (excludes halogenated alkanes) is 14. The van der Waals surface area contributed by atoms with E-state index in [1.807, 2.05) is 0 Å². The van der Waals surface area contributed by atoms with Crippen LogP contribution < -0.4 is 5.73 Å². The molecule has 0 aliphatic rings. The molecule has 0 aromatic rings. The van der Waals surface area contributed by atoms with Crippen LogP contribution in [0.15, 0.2) is 109 Å². The first-order chi connectivity index (χ1) is 31.7. The topological polar surface area (TPSA) is 155 Å². The molecule has 0 heterocycles. The molecule has 0 spiro atoms. The molecule has 3 unspecified atom stereocenters. The average molecular weight is 928 g/mol. The van der Waals surface area contributed by atoms with Crippen molar-refractivity contribution in [1.29, 1.82) is 0 Å². The van der Waals surface area contributed by atoms with Gasteiger partial charge in [-0.2, -0.15) is 0 Å². The Kier molecular flexibility index (Phi) is 46.0. The Morgan fingerprint density at radius 2 is 0.892 bits per heavy atom. The maximum absolute atomic E-state index is 12.7. The predicted molar refractivity (Wildman–Crippen MR) is 272 cm³/mol. The first-order valence-corrected chi connectivity index (χ1v) is 26.4. The molecule has 0 saturated heterocycles. The maximum Gasteiger partial charge on any atom is 0.472 e. The van der Waals surface area contributed by atoms with Gasteiger partial charge in [0, 0.05) is 13.0 Å². The fourth-order valence-electron chi connectivity index (χ4n) is 6.20. The molecule has 0 aromatic carbocycles. The summed E-state index contributed by atoms with van der Waals surface area (Å²) in [4.78, 5) is 33.7. The second-order valence-corrected chi connectivity index (χ2v) is 17.7. The minimum absolute atomic E-state index is 0.0153. The number of rotatable bonds is 46. The van der Waals surface area contributed by atoms with Crippen molar-refractivity contribution in [2.24, 2.45) is 5.73 Å². The number of nitrogens with two attached hydrogens (primary N) is 1. The van der Waals surface area contributed by atoms with Gasteiger partial charge >= 0.3 is 19.8 Å². The summed E-state index contributed by atoms with van der Waals surface area (Å²) in [7, 11) is -4.65. The third-order valence-corrected chi connectivity index (χ3v) is 11.0. The summed E-state index contributed by atoms with van der Waals surface area (Å²) < 4.78 is 33.4. The quantitative estimate of drug-likeness (QED) is 0.0233. The smallest absolute Gasteiger partial charge is 0.472 e. The Morgan fingerprint density at radius 3 is 1.34 bits per heavy atom. The predicted octanol–water partition coefficient (Wildman–Crippen LogP) is 14.6. The van der Waals surface area contributed by atoms with Gasteiger partial charge < -0.3 is 25.2 Å². The van der Waals surface area contributed by atoms with E-state index >= 15 is 0 Å². The Balaban J connectivity index is 4.31. The van der Waals surface area contributed by atoms with Gasteiger partial charge in [-0.05, 0) is 103 Å². The van der Waals surface area contributed by atoms with Gasteiger partial charge in [0.2, 0.25) is 0 Å². The molecule has 0 radical (unpaired) electrons. The number of allylic oxidation sites excluding steroid dienone is 18. The van der Waals surface area contributed by atoms with E-state index in [9.17, 15) is 19.0 Å². The molecule has 65 heavy (non-hydrogen) atoms. The highest BCUT2D eigenvalue weighted by Gasteiger charge is 2.27. The molecule has 0 aliphatic heterocycles. The molecular weight excluding hydrogens is 838 g/mol. The first kappa shape index (κ1) is 61.6. The zero-order chi connectivity index (χ0) is 47.6. The molecule has 0 amide bonds. The summed E-state index contributed by atoms with van der Waals surface area (Å²) in [5, 5.41) is 8.93. The molecule has 0 bridgehead atoms. The molecule has 11 heteroatoms. The van der Waals surface area contributed by atoms with Crippen LogP contribution in [0.25, 0.3) is 0 Å². The van der Waals surface area contributed by atoms with Crippen molar-refractivity contribution < 1.29 is 42.7 Å². The molecular formula is C54H90NO9P. The summed E-state index contributed by atoms with van der Waals surface area (Å²) in [5.74, 6) is -1.84. The van der Waals surface area contributed by atoms with Crippen LogP contribution >= 0.6 is 7.82 Å². The highest BCUT2D eigenvalue weighted by molar-refractivity contribution is 7.47. The Labute approximate surface area is 395 Å². The first-order valence-electron chi connectivity index (χ1n) is 24.9. The maximum atomic E-state index is 12.7. The van der Waals surface area contributed by atoms with Gasteiger partial charge in [0.25, 0.3) is 0 Å². The number of phosphoric acid groups is 1. The van der Waals surface area contributed by atoms with Gasteiger partial charge in [-0.15, -0.1) is 0 Å². The van der Waals surface area contributed by atoms with Crippen LogP contribution in [0.5, 0.6) is 0 Å². The van der Waals surface area contributed by atoms with Gasteiger partial charge in [-0.3, -0.25) is 18.6 Å². The van der Waals surface area contributed by atoms with Crippen LogP contribution in [-0.4, -0.2) is 60.5 Å². The molecule has 370 valence electrons. The van der Waals surface area contributed by atoms with E-state index in [0.29, 0.717) is 13.0 Å². The number of ether oxygens (including phenoxy) is 2. The van der Waals surface area contributed by atoms with Crippen LogP contribution in [-0.2, 0) is 32.7 Å². The van der Waals surface area contributed by atoms with E-state index in [4.69, 9.17) is 29.4 Å². The normalized spacial score (nSPS) is 14.6. The zero-order valence-corrected chi connectivity index (χ0v) is 41.4. The lowest BCUT2D eigenvalue weighted by Gasteiger charge is -2.20. The highest BCUT2D eigenvalue weighted by atomic mass is 31.2. The van der Waals surface area contributed by atoms with Crippen LogP contribution in [0.4, 0.5) is 0 Å². The minimum atomic E-state index is -4.65. The van der Waals surface area contributed by atoms with E-state index in [1.165, 1.54) is 64.2 Å².